The lowest BCUT2D eigenvalue weighted by atomic mass is 9.93. The smallest absolute Gasteiger partial charge is 0.416 e. The van der Waals surface area contributed by atoms with Crippen LogP contribution in [0.1, 0.15) is 35.6 Å². The maximum absolute atomic E-state index is 13.3. The second kappa shape index (κ2) is 7.52. The number of benzene rings is 3. The fourth-order valence-electron chi connectivity index (χ4n) is 4.20. The fraction of sp³-hybridized carbons (Fsp3) is 0.261. The predicted molar refractivity (Wildman–Crippen MR) is 105 cm³/mol. The molecule has 1 heterocycles. The molecule has 0 aliphatic carbocycles. The lowest BCUT2D eigenvalue weighted by Gasteiger charge is -2.32. The number of carbonyl (C=O) groups is 1. The number of carboxylic acids is 1. The summed E-state index contributed by atoms with van der Waals surface area (Å²) in [6.07, 6.45) is -3.28. The second-order valence-electron chi connectivity index (χ2n) is 7.37. The average molecular weight is 399 g/mol. The van der Waals surface area contributed by atoms with Crippen molar-refractivity contribution in [2.24, 2.45) is 0 Å². The third-order valence-corrected chi connectivity index (χ3v) is 5.53. The normalized spacial score (nSPS) is 18.8. The first-order chi connectivity index (χ1) is 13.8. The van der Waals surface area contributed by atoms with Crippen LogP contribution in [0.25, 0.3) is 10.8 Å². The first-order valence-electron chi connectivity index (χ1n) is 9.49. The standard InChI is InChI=1S/C23H20F3NO2/c24-23(25,26)19-8-3-7-17(14-19)21(27-12-4-9-20(27)22(28)29)18-11-10-15-5-1-2-6-16(15)13-18/h1-3,5-8,10-11,13-14,20-21H,4,9,12H2,(H,28,29). The maximum Gasteiger partial charge on any atom is 0.416 e. The molecule has 0 saturated carbocycles. The highest BCUT2D eigenvalue weighted by atomic mass is 19.4. The number of alkyl halides is 3. The van der Waals surface area contributed by atoms with Crippen molar-refractivity contribution in [3.05, 3.63) is 83.4 Å². The predicted octanol–water partition coefficient (Wildman–Crippen LogP) is 5.50. The molecule has 1 aliphatic heterocycles. The Morgan fingerprint density at radius 3 is 2.41 bits per heavy atom. The number of fused-ring (bicyclic) bond motifs is 1. The molecular formula is C23H20F3NO2. The van der Waals surface area contributed by atoms with Gasteiger partial charge in [-0.3, -0.25) is 9.69 Å². The van der Waals surface area contributed by atoms with E-state index < -0.39 is 29.8 Å². The minimum atomic E-state index is -4.46. The van der Waals surface area contributed by atoms with Gasteiger partial charge in [0.25, 0.3) is 0 Å². The first kappa shape index (κ1) is 19.5. The van der Waals surface area contributed by atoms with Gasteiger partial charge in [0.15, 0.2) is 0 Å². The minimum absolute atomic E-state index is 0.447. The van der Waals surface area contributed by atoms with E-state index in [2.05, 4.69) is 0 Å². The van der Waals surface area contributed by atoms with Crippen LogP contribution in [-0.4, -0.2) is 28.6 Å². The molecule has 2 unspecified atom stereocenters. The van der Waals surface area contributed by atoms with E-state index >= 15 is 0 Å². The van der Waals surface area contributed by atoms with Crippen LogP contribution >= 0.6 is 0 Å². The van der Waals surface area contributed by atoms with Gasteiger partial charge in [-0.2, -0.15) is 13.2 Å². The van der Waals surface area contributed by atoms with E-state index in [0.717, 1.165) is 28.5 Å². The molecule has 29 heavy (non-hydrogen) atoms. The zero-order chi connectivity index (χ0) is 20.6. The van der Waals surface area contributed by atoms with Crippen molar-refractivity contribution in [3.8, 4) is 0 Å². The molecule has 1 saturated heterocycles. The van der Waals surface area contributed by atoms with Gasteiger partial charge in [-0.05, 0) is 52.9 Å². The van der Waals surface area contributed by atoms with E-state index in [1.54, 1.807) is 6.07 Å². The van der Waals surface area contributed by atoms with Gasteiger partial charge in [0.1, 0.15) is 6.04 Å². The van der Waals surface area contributed by atoms with E-state index in [4.69, 9.17) is 0 Å². The van der Waals surface area contributed by atoms with Gasteiger partial charge >= 0.3 is 12.1 Å². The highest BCUT2D eigenvalue weighted by molar-refractivity contribution is 5.83. The summed E-state index contributed by atoms with van der Waals surface area (Å²) >= 11 is 0. The Morgan fingerprint density at radius 2 is 1.69 bits per heavy atom. The summed E-state index contributed by atoms with van der Waals surface area (Å²) in [5.74, 6) is -0.944. The van der Waals surface area contributed by atoms with Gasteiger partial charge in [0, 0.05) is 6.54 Å². The second-order valence-corrected chi connectivity index (χ2v) is 7.37. The van der Waals surface area contributed by atoms with Crippen molar-refractivity contribution in [1.82, 2.24) is 4.90 Å². The Bertz CT molecular complexity index is 1050. The quantitative estimate of drug-likeness (QED) is 0.630. The van der Waals surface area contributed by atoms with Gasteiger partial charge in [-0.1, -0.05) is 48.5 Å². The van der Waals surface area contributed by atoms with Crippen molar-refractivity contribution in [2.45, 2.75) is 31.1 Å². The molecule has 0 bridgehead atoms. The van der Waals surface area contributed by atoms with Crippen LogP contribution in [-0.2, 0) is 11.0 Å². The zero-order valence-electron chi connectivity index (χ0n) is 15.6. The molecule has 0 aromatic heterocycles. The molecule has 3 nitrogen and oxygen atoms in total. The Labute approximate surface area is 166 Å². The molecule has 0 spiro atoms. The number of hydrogen-bond acceptors (Lipinski definition) is 2. The Kier molecular flexibility index (Phi) is 5.04. The summed E-state index contributed by atoms with van der Waals surface area (Å²) in [6, 6.07) is 17.4. The number of halogens is 3. The number of hydrogen-bond donors (Lipinski definition) is 1. The zero-order valence-corrected chi connectivity index (χ0v) is 15.6. The van der Waals surface area contributed by atoms with Crippen molar-refractivity contribution >= 4 is 16.7 Å². The van der Waals surface area contributed by atoms with Crippen LogP contribution in [0, 0.1) is 0 Å². The number of likely N-dealkylation sites (tertiary alicyclic amines) is 1. The highest BCUT2D eigenvalue weighted by Crippen LogP contribution is 2.38. The summed E-state index contributed by atoms with van der Waals surface area (Å²) in [5, 5.41) is 11.6. The number of rotatable bonds is 4. The van der Waals surface area contributed by atoms with Crippen LogP contribution in [0.5, 0.6) is 0 Å². The van der Waals surface area contributed by atoms with Crippen molar-refractivity contribution in [2.75, 3.05) is 6.54 Å². The Hall–Kier alpha value is -2.86. The molecular weight excluding hydrogens is 379 g/mol. The summed E-state index contributed by atoms with van der Waals surface area (Å²) in [6.45, 7) is 0.519. The van der Waals surface area contributed by atoms with Gasteiger partial charge in [0.2, 0.25) is 0 Å². The van der Waals surface area contributed by atoms with Gasteiger partial charge in [-0.25, -0.2) is 0 Å². The maximum atomic E-state index is 13.3. The molecule has 3 aromatic carbocycles. The van der Waals surface area contributed by atoms with E-state index in [1.165, 1.54) is 6.07 Å². The molecule has 0 amide bonds. The number of nitrogens with zero attached hydrogens (tertiary/aromatic N) is 1. The van der Waals surface area contributed by atoms with Crippen molar-refractivity contribution in [3.63, 3.8) is 0 Å². The Balaban J connectivity index is 1.86. The molecule has 1 N–H and O–H groups in total. The van der Waals surface area contributed by atoms with Crippen LogP contribution in [0.3, 0.4) is 0 Å². The largest absolute Gasteiger partial charge is 0.480 e. The third kappa shape index (κ3) is 3.85. The molecule has 3 aromatic rings. The lowest BCUT2D eigenvalue weighted by Crippen LogP contribution is -2.39. The summed E-state index contributed by atoms with van der Waals surface area (Å²) in [5.41, 5.74) is 0.506. The van der Waals surface area contributed by atoms with Crippen molar-refractivity contribution in [1.29, 1.82) is 0 Å². The monoisotopic (exact) mass is 399 g/mol. The molecule has 0 radical (unpaired) electrons. The fourth-order valence-corrected chi connectivity index (χ4v) is 4.20. The van der Waals surface area contributed by atoms with Crippen LogP contribution < -0.4 is 0 Å². The first-order valence-corrected chi connectivity index (χ1v) is 9.49. The molecule has 1 fully saturated rings. The van der Waals surface area contributed by atoms with Crippen molar-refractivity contribution < 1.29 is 23.1 Å². The topological polar surface area (TPSA) is 40.5 Å². The van der Waals surface area contributed by atoms with E-state index in [9.17, 15) is 23.1 Å². The van der Waals surface area contributed by atoms with Gasteiger partial charge in [-0.15, -0.1) is 0 Å². The molecule has 4 rings (SSSR count). The van der Waals surface area contributed by atoms with Gasteiger partial charge in [0.05, 0.1) is 11.6 Å². The minimum Gasteiger partial charge on any atom is -0.480 e. The van der Waals surface area contributed by atoms with E-state index in [0.29, 0.717) is 24.9 Å². The van der Waals surface area contributed by atoms with E-state index in [-0.39, 0.29) is 0 Å². The number of carboxylic acid groups (broad SMARTS) is 1. The summed E-state index contributed by atoms with van der Waals surface area (Å²) in [7, 11) is 0. The van der Waals surface area contributed by atoms with Gasteiger partial charge < -0.3 is 5.11 Å². The lowest BCUT2D eigenvalue weighted by molar-refractivity contribution is -0.143. The SMILES string of the molecule is O=C(O)C1CCCN1C(c1cccc(C(F)(F)F)c1)c1ccc2ccccc2c1. The number of aliphatic carboxylic acids is 1. The summed E-state index contributed by atoms with van der Waals surface area (Å²) in [4.78, 5) is 13.6. The third-order valence-electron chi connectivity index (χ3n) is 5.53. The molecule has 1 aliphatic rings. The summed E-state index contributed by atoms with van der Waals surface area (Å²) < 4.78 is 39.9. The highest BCUT2D eigenvalue weighted by Gasteiger charge is 2.38. The molecule has 2 atom stereocenters. The van der Waals surface area contributed by atoms with Crippen LogP contribution in [0.4, 0.5) is 13.2 Å². The van der Waals surface area contributed by atoms with Crippen LogP contribution in [0.2, 0.25) is 0 Å². The Morgan fingerprint density at radius 1 is 0.966 bits per heavy atom. The molecule has 150 valence electrons. The van der Waals surface area contributed by atoms with E-state index in [1.807, 2.05) is 47.4 Å². The molecule has 6 heteroatoms. The van der Waals surface area contributed by atoms with Crippen LogP contribution in [0.15, 0.2) is 66.7 Å². The average Bonchev–Trinajstić information content (AvgIpc) is 3.17.